The van der Waals surface area contributed by atoms with Gasteiger partial charge in [0.15, 0.2) is 0 Å². The summed E-state index contributed by atoms with van der Waals surface area (Å²) in [4.78, 5) is 15.7. The highest BCUT2D eigenvalue weighted by molar-refractivity contribution is 5.64. The fourth-order valence-corrected chi connectivity index (χ4v) is 2.45. The van der Waals surface area contributed by atoms with Crippen LogP contribution in [0.1, 0.15) is 5.69 Å². The fraction of sp³-hybridized carbons (Fsp3) is 0.250. The van der Waals surface area contributed by atoms with Crippen molar-refractivity contribution in [3.05, 3.63) is 66.5 Å². The number of pyridine rings is 1. The molecule has 3 aromatic rings. The first-order valence-corrected chi connectivity index (χ1v) is 8.67. The molecule has 0 aliphatic carbocycles. The highest BCUT2D eigenvalue weighted by atomic mass is 15.2. The Hall–Kier alpha value is -2.99. The molecule has 6 heteroatoms. The van der Waals surface area contributed by atoms with E-state index in [4.69, 9.17) is 0 Å². The minimum atomic E-state index is 0.580. The summed E-state index contributed by atoms with van der Waals surface area (Å²) in [5, 5.41) is 6.65. The average Bonchev–Trinajstić information content (AvgIpc) is 2.67. The standard InChI is InChI=1S/C20H24N6/c1-26(2)13-12-22-19-14-18(16-8-4-3-5-9-16)24-20(25-19)23-15-17-10-6-7-11-21-17/h3-11,14H,12-13,15H2,1-2H3,(H2,22,23,24,25). The van der Waals surface area contributed by atoms with E-state index in [-0.39, 0.29) is 0 Å². The topological polar surface area (TPSA) is 66.0 Å². The molecule has 3 rings (SSSR count). The molecule has 0 aliphatic heterocycles. The molecule has 0 bridgehead atoms. The molecule has 6 nitrogen and oxygen atoms in total. The second-order valence-corrected chi connectivity index (χ2v) is 6.23. The van der Waals surface area contributed by atoms with Gasteiger partial charge in [0, 0.05) is 30.9 Å². The van der Waals surface area contributed by atoms with E-state index < -0.39 is 0 Å². The number of nitrogens with zero attached hydrogens (tertiary/aromatic N) is 4. The molecular formula is C20H24N6. The molecule has 0 aliphatic rings. The second kappa shape index (κ2) is 8.92. The zero-order chi connectivity index (χ0) is 18.2. The average molecular weight is 348 g/mol. The maximum absolute atomic E-state index is 4.66. The van der Waals surface area contributed by atoms with E-state index in [1.807, 2.05) is 42.5 Å². The van der Waals surface area contributed by atoms with Gasteiger partial charge in [0.25, 0.3) is 0 Å². The first-order chi connectivity index (χ1) is 12.7. The third-order valence-electron chi connectivity index (χ3n) is 3.81. The van der Waals surface area contributed by atoms with Gasteiger partial charge in [-0.15, -0.1) is 0 Å². The zero-order valence-corrected chi connectivity index (χ0v) is 15.2. The monoisotopic (exact) mass is 348 g/mol. The maximum Gasteiger partial charge on any atom is 0.225 e. The van der Waals surface area contributed by atoms with Crippen molar-refractivity contribution in [2.45, 2.75) is 6.54 Å². The molecule has 2 heterocycles. The highest BCUT2D eigenvalue weighted by Crippen LogP contribution is 2.21. The Bertz CT molecular complexity index is 805. The van der Waals surface area contributed by atoms with Crippen LogP contribution in [0.3, 0.4) is 0 Å². The normalized spacial score (nSPS) is 10.7. The van der Waals surface area contributed by atoms with Crippen LogP contribution in [0.25, 0.3) is 11.3 Å². The van der Waals surface area contributed by atoms with E-state index in [0.29, 0.717) is 12.5 Å². The minimum absolute atomic E-state index is 0.580. The van der Waals surface area contributed by atoms with Crippen LogP contribution in [-0.2, 0) is 6.54 Å². The molecule has 2 aromatic heterocycles. The molecule has 1 aromatic carbocycles. The number of anilines is 2. The Balaban J connectivity index is 1.80. The lowest BCUT2D eigenvalue weighted by Gasteiger charge is -2.13. The van der Waals surface area contributed by atoms with E-state index in [2.05, 4.69) is 56.7 Å². The van der Waals surface area contributed by atoms with E-state index in [1.54, 1.807) is 6.20 Å². The van der Waals surface area contributed by atoms with Crippen LogP contribution in [0, 0.1) is 0 Å². The summed E-state index contributed by atoms with van der Waals surface area (Å²) in [5.74, 6) is 1.40. The van der Waals surface area contributed by atoms with Crippen LogP contribution in [0.15, 0.2) is 60.8 Å². The molecule has 26 heavy (non-hydrogen) atoms. The van der Waals surface area contributed by atoms with Gasteiger partial charge in [-0.3, -0.25) is 4.98 Å². The van der Waals surface area contributed by atoms with Gasteiger partial charge in [-0.25, -0.2) is 4.98 Å². The van der Waals surface area contributed by atoms with Crippen molar-refractivity contribution in [1.29, 1.82) is 0 Å². The van der Waals surface area contributed by atoms with Crippen LogP contribution < -0.4 is 10.6 Å². The molecule has 0 radical (unpaired) electrons. The number of hydrogen-bond donors (Lipinski definition) is 2. The summed E-state index contributed by atoms with van der Waals surface area (Å²) in [5.41, 5.74) is 2.89. The molecule has 134 valence electrons. The molecule has 0 unspecified atom stereocenters. The SMILES string of the molecule is CN(C)CCNc1cc(-c2ccccc2)nc(NCc2ccccn2)n1. The zero-order valence-electron chi connectivity index (χ0n) is 15.2. The summed E-state index contributed by atoms with van der Waals surface area (Å²) >= 11 is 0. The van der Waals surface area contributed by atoms with Crippen molar-refractivity contribution in [2.24, 2.45) is 0 Å². The Kier molecular flexibility index (Phi) is 6.11. The van der Waals surface area contributed by atoms with Gasteiger partial charge in [-0.05, 0) is 26.2 Å². The first-order valence-electron chi connectivity index (χ1n) is 8.67. The molecule has 2 N–H and O–H groups in total. The number of benzene rings is 1. The van der Waals surface area contributed by atoms with Gasteiger partial charge in [-0.2, -0.15) is 4.98 Å². The number of hydrogen-bond acceptors (Lipinski definition) is 6. The van der Waals surface area contributed by atoms with Crippen LogP contribution >= 0.6 is 0 Å². The third kappa shape index (κ3) is 5.26. The van der Waals surface area contributed by atoms with Gasteiger partial charge in [0.05, 0.1) is 17.9 Å². The fourth-order valence-electron chi connectivity index (χ4n) is 2.45. The molecule has 0 atom stereocenters. The Morgan fingerprint density at radius 3 is 2.46 bits per heavy atom. The third-order valence-corrected chi connectivity index (χ3v) is 3.81. The largest absolute Gasteiger partial charge is 0.369 e. The predicted molar refractivity (Wildman–Crippen MR) is 106 cm³/mol. The lowest BCUT2D eigenvalue weighted by Crippen LogP contribution is -2.21. The van der Waals surface area contributed by atoms with Crippen molar-refractivity contribution in [1.82, 2.24) is 19.9 Å². The van der Waals surface area contributed by atoms with Crippen molar-refractivity contribution >= 4 is 11.8 Å². The Morgan fingerprint density at radius 1 is 0.923 bits per heavy atom. The van der Waals surface area contributed by atoms with E-state index >= 15 is 0 Å². The number of nitrogens with one attached hydrogen (secondary N) is 2. The van der Waals surface area contributed by atoms with Crippen molar-refractivity contribution in [3.8, 4) is 11.3 Å². The lowest BCUT2D eigenvalue weighted by atomic mass is 10.1. The Morgan fingerprint density at radius 2 is 1.73 bits per heavy atom. The lowest BCUT2D eigenvalue weighted by molar-refractivity contribution is 0.425. The Labute approximate surface area is 154 Å². The van der Waals surface area contributed by atoms with Gasteiger partial charge < -0.3 is 15.5 Å². The van der Waals surface area contributed by atoms with Gasteiger partial charge in [-0.1, -0.05) is 36.4 Å². The minimum Gasteiger partial charge on any atom is -0.369 e. The van der Waals surface area contributed by atoms with Crippen molar-refractivity contribution in [2.75, 3.05) is 37.8 Å². The van der Waals surface area contributed by atoms with Gasteiger partial charge in [0.2, 0.25) is 5.95 Å². The van der Waals surface area contributed by atoms with Crippen LogP contribution in [-0.4, -0.2) is 47.0 Å². The van der Waals surface area contributed by atoms with Crippen molar-refractivity contribution < 1.29 is 0 Å². The van der Waals surface area contributed by atoms with Crippen molar-refractivity contribution in [3.63, 3.8) is 0 Å². The first kappa shape index (κ1) is 17.8. The smallest absolute Gasteiger partial charge is 0.225 e. The van der Waals surface area contributed by atoms with Crippen LogP contribution in [0.5, 0.6) is 0 Å². The number of likely N-dealkylation sites (N-methyl/N-ethyl adjacent to an activating group) is 1. The van der Waals surface area contributed by atoms with Crippen LogP contribution in [0.2, 0.25) is 0 Å². The van der Waals surface area contributed by atoms with Crippen LogP contribution in [0.4, 0.5) is 11.8 Å². The second-order valence-electron chi connectivity index (χ2n) is 6.23. The summed E-state index contributed by atoms with van der Waals surface area (Å²) in [6.45, 7) is 2.33. The molecule has 0 fully saturated rings. The quantitative estimate of drug-likeness (QED) is 0.652. The summed E-state index contributed by atoms with van der Waals surface area (Å²) in [6, 6.07) is 18.0. The van der Waals surface area contributed by atoms with E-state index in [1.165, 1.54) is 0 Å². The van der Waals surface area contributed by atoms with E-state index in [0.717, 1.165) is 35.9 Å². The predicted octanol–water partition coefficient (Wildman–Crippen LogP) is 3.12. The van der Waals surface area contributed by atoms with E-state index in [9.17, 15) is 0 Å². The maximum atomic E-state index is 4.66. The number of aromatic nitrogens is 3. The van der Waals surface area contributed by atoms with Gasteiger partial charge >= 0.3 is 0 Å². The van der Waals surface area contributed by atoms with Gasteiger partial charge in [0.1, 0.15) is 5.82 Å². The number of rotatable bonds is 8. The summed E-state index contributed by atoms with van der Waals surface area (Å²) < 4.78 is 0. The highest BCUT2D eigenvalue weighted by Gasteiger charge is 2.07. The molecular weight excluding hydrogens is 324 g/mol. The molecule has 0 saturated carbocycles. The molecule has 0 saturated heterocycles. The summed E-state index contributed by atoms with van der Waals surface area (Å²) in [6.07, 6.45) is 1.78. The molecule has 0 spiro atoms. The summed E-state index contributed by atoms with van der Waals surface area (Å²) in [7, 11) is 4.10. The molecule has 0 amide bonds.